The van der Waals surface area contributed by atoms with Gasteiger partial charge < -0.3 is 10.2 Å². The largest absolute Gasteiger partial charge is 0.314 e. The number of nitriles is 1. The molecule has 0 aliphatic carbocycles. The van der Waals surface area contributed by atoms with E-state index in [2.05, 4.69) is 18.3 Å². The van der Waals surface area contributed by atoms with E-state index >= 15 is 0 Å². The number of nitrogens with one attached hydrogen (secondary N) is 1. The molecule has 0 saturated carbocycles. The maximum absolute atomic E-state index is 12.3. The zero-order chi connectivity index (χ0) is 13.1. The predicted octanol–water partition coefficient (Wildman–Crippen LogP) is 1.52. The molecule has 1 aliphatic heterocycles. The van der Waals surface area contributed by atoms with Crippen molar-refractivity contribution >= 4 is 11.6 Å². The fourth-order valence-corrected chi connectivity index (χ4v) is 2.26. The topological polar surface area (TPSA) is 56.1 Å². The number of carbonyl (C=O) groups is 1. The van der Waals surface area contributed by atoms with E-state index < -0.39 is 0 Å². The highest BCUT2D eigenvalue weighted by molar-refractivity contribution is 5.97. The Morgan fingerprint density at radius 2 is 2.11 bits per heavy atom. The maximum Gasteiger partial charge on any atom is 0.244 e. The van der Waals surface area contributed by atoms with Crippen molar-refractivity contribution in [2.45, 2.75) is 19.4 Å². The normalized spacial score (nSPS) is 22.5. The van der Waals surface area contributed by atoms with Gasteiger partial charge in [0.15, 0.2) is 0 Å². The van der Waals surface area contributed by atoms with Crippen LogP contribution in [0.5, 0.6) is 0 Å². The third-order valence-electron chi connectivity index (χ3n) is 3.51. The second-order valence-corrected chi connectivity index (χ2v) is 4.75. The highest BCUT2D eigenvalue weighted by Crippen LogP contribution is 2.20. The number of nitrogens with zero attached hydrogens (tertiary/aromatic N) is 2. The summed E-state index contributed by atoms with van der Waals surface area (Å²) in [7, 11) is 1.77. The van der Waals surface area contributed by atoms with Gasteiger partial charge in [0.05, 0.1) is 17.7 Å². The van der Waals surface area contributed by atoms with Crippen molar-refractivity contribution in [3.8, 4) is 6.07 Å². The lowest BCUT2D eigenvalue weighted by atomic mass is 10.0. The molecule has 94 valence electrons. The molecular formula is C14H17N3O. The van der Waals surface area contributed by atoms with Crippen LogP contribution in [0.4, 0.5) is 5.69 Å². The smallest absolute Gasteiger partial charge is 0.244 e. The van der Waals surface area contributed by atoms with Crippen molar-refractivity contribution in [2.24, 2.45) is 5.92 Å². The first-order chi connectivity index (χ1) is 8.63. The average molecular weight is 243 g/mol. The molecule has 1 heterocycles. The monoisotopic (exact) mass is 243 g/mol. The number of carbonyl (C=O) groups excluding carboxylic acids is 1. The Morgan fingerprint density at radius 3 is 2.61 bits per heavy atom. The number of anilines is 1. The molecule has 0 bridgehead atoms. The van der Waals surface area contributed by atoms with Gasteiger partial charge in [0.25, 0.3) is 0 Å². The highest BCUT2D eigenvalue weighted by atomic mass is 16.2. The quantitative estimate of drug-likeness (QED) is 0.856. The van der Waals surface area contributed by atoms with Gasteiger partial charge in [-0.25, -0.2) is 0 Å². The second-order valence-electron chi connectivity index (χ2n) is 4.75. The summed E-state index contributed by atoms with van der Waals surface area (Å²) in [5.41, 5.74) is 1.42. The molecule has 1 aliphatic rings. The Kier molecular flexibility index (Phi) is 3.63. The average Bonchev–Trinajstić information content (AvgIpc) is 2.83. The summed E-state index contributed by atoms with van der Waals surface area (Å²) in [6.45, 7) is 2.99. The van der Waals surface area contributed by atoms with Crippen molar-refractivity contribution in [3.05, 3.63) is 29.8 Å². The molecule has 18 heavy (non-hydrogen) atoms. The number of likely N-dealkylation sites (N-methyl/N-ethyl adjacent to an activating group) is 1. The summed E-state index contributed by atoms with van der Waals surface area (Å²) in [4.78, 5) is 14.0. The molecule has 1 saturated heterocycles. The number of hydrogen-bond acceptors (Lipinski definition) is 3. The lowest BCUT2D eigenvalue weighted by Crippen LogP contribution is -2.44. The van der Waals surface area contributed by atoms with Gasteiger partial charge in [-0.3, -0.25) is 4.79 Å². The molecule has 2 atom stereocenters. The number of hydrogen-bond donors (Lipinski definition) is 1. The van der Waals surface area contributed by atoms with Gasteiger partial charge in [-0.2, -0.15) is 5.26 Å². The minimum absolute atomic E-state index is 0.0877. The molecule has 4 nitrogen and oxygen atoms in total. The van der Waals surface area contributed by atoms with Gasteiger partial charge in [0.1, 0.15) is 0 Å². The summed E-state index contributed by atoms with van der Waals surface area (Å²) in [5, 5.41) is 12.0. The van der Waals surface area contributed by atoms with E-state index in [1.165, 1.54) is 0 Å². The van der Waals surface area contributed by atoms with E-state index in [-0.39, 0.29) is 11.9 Å². The summed E-state index contributed by atoms with van der Waals surface area (Å²) in [5.74, 6) is 0.461. The van der Waals surface area contributed by atoms with Gasteiger partial charge in [-0.1, -0.05) is 6.92 Å². The van der Waals surface area contributed by atoms with Crippen molar-refractivity contribution in [1.29, 1.82) is 5.26 Å². The van der Waals surface area contributed by atoms with Crippen molar-refractivity contribution in [3.63, 3.8) is 0 Å². The van der Waals surface area contributed by atoms with Crippen LogP contribution >= 0.6 is 0 Å². The first-order valence-corrected chi connectivity index (χ1v) is 6.14. The van der Waals surface area contributed by atoms with Crippen molar-refractivity contribution in [2.75, 3.05) is 18.5 Å². The van der Waals surface area contributed by atoms with E-state index in [1.807, 2.05) is 0 Å². The lowest BCUT2D eigenvalue weighted by Gasteiger charge is -2.23. The van der Waals surface area contributed by atoms with Crippen LogP contribution in [0, 0.1) is 17.2 Å². The van der Waals surface area contributed by atoms with E-state index in [9.17, 15) is 4.79 Å². The maximum atomic E-state index is 12.3. The molecule has 1 aromatic rings. The molecular weight excluding hydrogens is 226 g/mol. The van der Waals surface area contributed by atoms with Gasteiger partial charge in [-0.15, -0.1) is 0 Å². The van der Waals surface area contributed by atoms with Crippen LogP contribution in [0.15, 0.2) is 24.3 Å². The second kappa shape index (κ2) is 5.19. The van der Waals surface area contributed by atoms with E-state index in [0.29, 0.717) is 11.5 Å². The fraction of sp³-hybridized carbons (Fsp3) is 0.429. The zero-order valence-corrected chi connectivity index (χ0v) is 10.7. The van der Waals surface area contributed by atoms with Crippen LogP contribution < -0.4 is 10.2 Å². The van der Waals surface area contributed by atoms with E-state index in [1.54, 1.807) is 36.2 Å². The first-order valence-electron chi connectivity index (χ1n) is 6.14. The van der Waals surface area contributed by atoms with Crippen LogP contribution in [-0.2, 0) is 4.79 Å². The van der Waals surface area contributed by atoms with Crippen LogP contribution in [0.3, 0.4) is 0 Å². The summed E-state index contributed by atoms with van der Waals surface area (Å²) >= 11 is 0. The summed E-state index contributed by atoms with van der Waals surface area (Å²) in [6.07, 6.45) is 1.04. The molecule has 0 aromatic heterocycles. The molecule has 1 aromatic carbocycles. The van der Waals surface area contributed by atoms with Gasteiger partial charge in [-0.05, 0) is 43.1 Å². The fourth-order valence-electron chi connectivity index (χ4n) is 2.26. The van der Waals surface area contributed by atoms with Crippen molar-refractivity contribution < 1.29 is 4.79 Å². The van der Waals surface area contributed by atoms with Crippen LogP contribution in [0.1, 0.15) is 18.9 Å². The molecule has 0 radical (unpaired) electrons. The molecule has 1 N–H and O–H groups in total. The molecule has 4 heteroatoms. The Morgan fingerprint density at radius 1 is 1.44 bits per heavy atom. The Hall–Kier alpha value is -1.86. The molecule has 1 fully saturated rings. The SMILES string of the molecule is CC1CCNC1C(=O)N(C)c1ccc(C#N)cc1. The number of rotatable bonds is 2. The van der Waals surface area contributed by atoms with Crippen molar-refractivity contribution in [1.82, 2.24) is 5.32 Å². The predicted molar refractivity (Wildman–Crippen MR) is 70.1 cm³/mol. The highest BCUT2D eigenvalue weighted by Gasteiger charge is 2.31. The molecule has 0 spiro atoms. The van der Waals surface area contributed by atoms with Gasteiger partial charge in [0, 0.05) is 12.7 Å². The molecule has 2 rings (SSSR count). The Bertz CT molecular complexity index is 475. The standard InChI is InChI=1S/C14H17N3O/c1-10-7-8-16-13(10)14(18)17(2)12-5-3-11(9-15)4-6-12/h3-6,10,13,16H,7-8H2,1-2H3. The molecule has 1 amide bonds. The first kappa shape index (κ1) is 12.6. The van der Waals surface area contributed by atoms with E-state index in [4.69, 9.17) is 5.26 Å². The Labute approximate surface area is 107 Å². The third-order valence-corrected chi connectivity index (χ3v) is 3.51. The number of benzene rings is 1. The van der Waals surface area contributed by atoms with Crippen LogP contribution in [0.2, 0.25) is 0 Å². The summed E-state index contributed by atoms with van der Waals surface area (Å²) in [6, 6.07) is 9.03. The van der Waals surface area contributed by atoms with Crippen LogP contribution in [0.25, 0.3) is 0 Å². The minimum atomic E-state index is -0.0920. The summed E-state index contributed by atoms with van der Waals surface area (Å²) < 4.78 is 0. The Balaban J connectivity index is 2.12. The minimum Gasteiger partial charge on any atom is -0.314 e. The lowest BCUT2D eigenvalue weighted by molar-refractivity contribution is -0.120. The van der Waals surface area contributed by atoms with Gasteiger partial charge in [0.2, 0.25) is 5.91 Å². The zero-order valence-electron chi connectivity index (χ0n) is 10.7. The van der Waals surface area contributed by atoms with E-state index in [0.717, 1.165) is 18.7 Å². The third kappa shape index (κ3) is 2.36. The van der Waals surface area contributed by atoms with Crippen LogP contribution in [-0.4, -0.2) is 25.5 Å². The molecule has 2 unspecified atom stereocenters. The van der Waals surface area contributed by atoms with Gasteiger partial charge >= 0.3 is 0 Å². The number of amides is 1.